The van der Waals surface area contributed by atoms with Crippen LogP contribution in [0.15, 0.2) is 18.2 Å². The highest BCUT2D eigenvalue weighted by molar-refractivity contribution is 5.85. The summed E-state index contributed by atoms with van der Waals surface area (Å²) in [6.07, 6.45) is 3.99. The van der Waals surface area contributed by atoms with Crippen LogP contribution in [0, 0.1) is 5.92 Å². The van der Waals surface area contributed by atoms with E-state index in [0.717, 1.165) is 25.7 Å². The zero-order valence-electron chi connectivity index (χ0n) is 10.2. The highest BCUT2D eigenvalue weighted by atomic mass is 16.4. The van der Waals surface area contributed by atoms with Gasteiger partial charge in [-0.25, -0.2) is 9.78 Å². The Hall–Kier alpha value is -1.62. The van der Waals surface area contributed by atoms with Gasteiger partial charge in [0.05, 0.1) is 0 Å². The number of aromatic carboxylic acids is 1. The molecule has 3 N–H and O–H groups in total. The van der Waals surface area contributed by atoms with Crippen molar-refractivity contribution in [1.29, 1.82) is 0 Å². The average molecular weight is 250 g/mol. The van der Waals surface area contributed by atoms with Gasteiger partial charge >= 0.3 is 5.97 Å². The fraction of sp³-hybridized carbons (Fsp3) is 0.538. The van der Waals surface area contributed by atoms with Gasteiger partial charge in [0, 0.05) is 12.6 Å². The molecule has 0 bridgehead atoms. The predicted octanol–water partition coefficient (Wildman–Crippen LogP) is 1.74. The number of carbonyl (C=O) groups is 1. The fourth-order valence-corrected chi connectivity index (χ4v) is 2.33. The molecule has 0 aliphatic heterocycles. The van der Waals surface area contributed by atoms with Gasteiger partial charge in [0.1, 0.15) is 5.82 Å². The third-order valence-electron chi connectivity index (χ3n) is 3.43. The van der Waals surface area contributed by atoms with Gasteiger partial charge in [-0.2, -0.15) is 0 Å². The highest BCUT2D eigenvalue weighted by Crippen LogP contribution is 2.25. The molecule has 2 rings (SSSR count). The zero-order chi connectivity index (χ0) is 13.0. The Morgan fingerprint density at radius 2 is 2.06 bits per heavy atom. The number of nitrogens with one attached hydrogen (secondary N) is 1. The van der Waals surface area contributed by atoms with Gasteiger partial charge in [0.25, 0.3) is 0 Å². The Morgan fingerprint density at radius 3 is 2.67 bits per heavy atom. The predicted molar refractivity (Wildman–Crippen MR) is 67.7 cm³/mol. The lowest BCUT2D eigenvalue weighted by Gasteiger charge is -2.28. The van der Waals surface area contributed by atoms with Crippen molar-refractivity contribution in [3.8, 4) is 0 Å². The van der Waals surface area contributed by atoms with Crippen molar-refractivity contribution < 1.29 is 15.0 Å². The molecule has 1 heterocycles. The first-order valence-corrected chi connectivity index (χ1v) is 6.27. The molecule has 1 aromatic heterocycles. The van der Waals surface area contributed by atoms with E-state index in [2.05, 4.69) is 10.3 Å². The zero-order valence-corrected chi connectivity index (χ0v) is 10.2. The summed E-state index contributed by atoms with van der Waals surface area (Å²) < 4.78 is 0. The van der Waals surface area contributed by atoms with E-state index in [0.29, 0.717) is 17.8 Å². The molecule has 1 aliphatic rings. The van der Waals surface area contributed by atoms with E-state index in [4.69, 9.17) is 10.2 Å². The van der Waals surface area contributed by atoms with Crippen molar-refractivity contribution in [3.05, 3.63) is 23.9 Å². The molecule has 0 aromatic carbocycles. The Balaban J connectivity index is 1.94. The summed E-state index contributed by atoms with van der Waals surface area (Å²) in [6, 6.07) is 5.28. The maximum absolute atomic E-state index is 10.8. The maximum atomic E-state index is 10.8. The van der Waals surface area contributed by atoms with Crippen LogP contribution in [-0.4, -0.2) is 33.8 Å². The molecule has 1 aromatic rings. The van der Waals surface area contributed by atoms with Crippen LogP contribution in [0.5, 0.6) is 0 Å². The molecule has 1 aliphatic carbocycles. The molecule has 5 heteroatoms. The largest absolute Gasteiger partial charge is 0.477 e. The quantitative estimate of drug-likeness (QED) is 0.758. The minimum atomic E-state index is -1.01. The van der Waals surface area contributed by atoms with Gasteiger partial charge in [0.15, 0.2) is 5.69 Å². The number of anilines is 1. The molecule has 0 radical (unpaired) electrons. The number of rotatable bonds is 4. The molecule has 0 atom stereocenters. The van der Waals surface area contributed by atoms with E-state index in [-0.39, 0.29) is 12.3 Å². The van der Waals surface area contributed by atoms with Gasteiger partial charge < -0.3 is 15.5 Å². The number of aliphatic hydroxyl groups is 1. The van der Waals surface area contributed by atoms with Crippen LogP contribution in [0.4, 0.5) is 5.82 Å². The van der Waals surface area contributed by atoms with Gasteiger partial charge in [-0.05, 0) is 43.7 Å². The van der Waals surface area contributed by atoms with E-state index < -0.39 is 5.97 Å². The number of carboxylic acid groups (broad SMARTS) is 1. The third kappa shape index (κ3) is 3.20. The summed E-state index contributed by atoms with van der Waals surface area (Å²) in [6.45, 7) is 0.263. The maximum Gasteiger partial charge on any atom is 0.354 e. The van der Waals surface area contributed by atoms with Crippen LogP contribution in [0.2, 0.25) is 0 Å². The van der Waals surface area contributed by atoms with Gasteiger partial charge in [-0.15, -0.1) is 0 Å². The molecule has 1 saturated carbocycles. The van der Waals surface area contributed by atoms with Crippen LogP contribution in [-0.2, 0) is 0 Å². The summed E-state index contributed by atoms with van der Waals surface area (Å²) in [7, 11) is 0. The van der Waals surface area contributed by atoms with E-state index >= 15 is 0 Å². The van der Waals surface area contributed by atoms with Gasteiger partial charge in [0.2, 0.25) is 0 Å². The monoisotopic (exact) mass is 250 g/mol. The summed E-state index contributed by atoms with van der Waals surface area (Å²) in [5, 5.41) is 21.2. The fourth-order valence-electron chi connectivity index (χ4n) is 2.33. The highest BCUT2D eigenvalue weighted by Gasteiger charge is 2.20. The van der Waals surface area contributed by atoms with Crippen molar-refractivity contribution in [3.63, 3.8) is 0 Å². The summed E-state index contributed by atoms with van der Waals surface area (Å²) in [5.41, 5.74) is 0.0593. The number of hydrogen-bond donors (Lipinski definition) is 3. The standard InChI is InChI=1S/C13H18N2O3/c16-8-9-4-6-10(7-5-9)14-12-3-1-2-11(15-12)13(17)18/h1-3,9-10,16H,4-8H2,(H,14,15)(H,17,18). The van der Waals surface area contributed by atoms with E-state index in [1.807, 2.05) is 0 Å². The number of nitrogens with zero attached hydrogens (tertiary/aromatic N) is 1. The molecule has 0 spiro atoms. The second-order valence-corrected chi connectivity index (χ2v) is 4.76. The van der Waals surface area contributed by atoms with E-state index in [1.54, 1.807) is 12.1 Å². The molecule has 1 fully saturated rings. The lowest BCUT2D eigenvalue weighted by molar-refractivity contribution is 0.0690. The Labute approximate surface area is 106 Å². The van der Waals surface area contributed by atoms with Gasteiger partial charge in [-0.3, -0.25) is 0 Å². The van der Waals surface area contributed by atoms with Gasteiger partial charge in [-0.1, -0.05) is 6.07 Å². The molecule has 0 saturated heterocycles. The van der Waals surface area contributed by atoms with Crippen LogP contribution in [0.1, 0.15) is 36.2 Å². The van der Waals surface area contributed by atoms with Crippen molar-refractivity contribution in [2.75, 3.05) is 11.9 Å². The number of aliphatic hydroxyl groups excluding tert-OH is 1. The number of aromatic nitrogens is 1. The lowest BCUT2D eigenvalue weighted by atomic mass is 9.86. The summed E-state index contributed by atoms with van der Waals surface area (Å²) in [5.74, 6) is 0.0198. The Kier molecular flexibility index (Phi) is 4.15. The van der Waals surface area contributed by atoms with Crippen LogP contribution in [0.25, 0.3) is 0 Å². The third-order valence-corrected chi connectivity index (χ3v) is 3.43. The smallest absolute Gasteiger partial charge is 0.354 e. The van der Waals surface area contributed by atoms with E-state index in [1.165, 1.54) is 6.07 Å². The van der Waals surface area contributed by atoms with Crippen molar-refractivity contribution in [2.24, 2.45) is 5.92 Å². The minimum Gasteiger partial charge on any atom is -0.477 e. The molecular formula is C13H18N2O3. The summed E-state index contributed by atoms with van der Waals surface area (Å²) in [4.78, 5) is 14.9. The average Bonchev–Trinajstić information content (AvgIpc) is 2.40. The normalized spacial score (nSPS) is 23.6. The Morgan fingerprint density at radius 1 is 1.33 bits per heavy atom. The number of carboxylic acids is 1. The lowest BCUT2D eigenvalue weighted by Crippen LogP contribution is -2.27. The minimum absolute atomic E-state index is 0.0593. The molecule has 98 valence electrons. The van der Waals surface area contributed by atoms with Crippen LogP contribution < -0.4 is 5.32 Å². The van der Waals surface area contributed by atoms with E-state index in [9.17, 15) is 4.79 Å². The molecular weight excluding hydrogens is 232 g/mol. The van der Waals surface area contributed by atoms with Crippen molar-refractivity contribution in [1.82, 2.24) is 4.98 Å². The Bertz CT molecular complexity index is 414. The second kappa shape index (κ2) is 5.82. The molecule has 5 nitrogen and oxygen atoms in total. The first kappa shape index (κ1) is 12.8. The first-order valence-electron chi connectivity index (χ1n) is 6.27. The first-order chi connectivity index (χ1) is 8.69. The van der Waals surface area contributed by atoms with Crippen LogP contribution in [0.3, 0.4) is 0 Å². The molecule has 0 unspecified atom stereocenters. The van der Waals surface area contributed by atoms with Crippen molar-refractivity contribution >= 4 is 11.8 Å². The van der Waals surface area contributed by atoms with Crippen molar-refractivity contribution in [2.45, 2.75) is 31.7 Å². The molecule has 18 heavy (non-hydrogen) atoms. The van der Waals surface area contributed by atoms with Crippen LogP contribution >= 0.6 is 0 Å². The second-order valence-electron chi connectivity index (χ2n) is 4.76. The summed E-state index contributed by atoms with van der Waals surface area (Å²) >= 11 is 0. The SMILES string of the molecule is O=C(O)c1cccc(NC2CCC(CO)CC2)n1. The topological polar surface area (TPSA) is 82.5 Å². The number of hydrogen-bond acceptors (Lipinski definition) is 4. The molecule has 0 amide bonds. The number of pyridine rings is 1.